The van der Waals surface area contributed by atoms with Gasteiger partial charge in [-0.05, 0) is 68.6 Å². The highest BCUT2D eigenvalue weighted by Gasteiger charge is 2.53. The van der Waals surface area contributed by atoms with E-state index in [9.17, 15) is 48.3 Å². The second-order valence-electron chi connectivity index (χ2n) is 18.1. The fourth-order valence-corrected chi connectivity index (χ4v) is 8.18. The summed E-state index contributed by atoms with van der Waals surface area (Å²) in [7, 11) is 1.42. The lowest BCUT2D eigenvalue weighted by molar-refractivity contribution is -0.158. The van der Waals surface area contributed by atoms with Gasteiger partial charge in [0, 0.05) is 25.8 Å². The van der Waals surface area contributed by atoms with Crippen LogP contribution in [0.15, 0.2) is 24.3 Å². The van der Waals surface area contributed by atoms with E-state index in [1.54, 1.807) is 46.8 Å². The molecule has 20 nitrogen and oxygen atoms in total. The quantitative estimate of drug-likeness (QED) is 0.124. The molecule has 0 aromatic heterocycles. The monoisotopic (exact) mass is 912 g/mol. The van der Waals surface area contributed by atoms with Crippen molar-refractivity contribution in [2.24, 2.45) is 23.5 Å². The Balaban J connectivity index is 1.85. The minimum Gasteiger partial charge on any atom is -0.508 e. The Morgan fingerprint density at radius 2 is 1.55 bits per heavy atom. The van der Waals surface area contributed by atoms with E-state index in [-0.39, 0.29) is 50.2 Å². The number of primary amides is 1. The average Bonchev–Trinajstić information content (AvgIpc) is 3.64. The molecule has 3 heterocycles. The van der Waals surface area contributed by atoms with Gasteiger partial charge in [-0.25, -0.2) is 4.79 Å². The highest BCUT2D eigenvalue weighted by molar-refractivity contribution is 5.99. The van der Waals surface area contributed by atoms with Crippen LogP contribution in [0.2, 0.25) is 0 Å². The summed E-state index contributed by atoms with van der Waals surface area (Å²) in [6, 6.07) is -3.30. The molecule has 2 bridgehead atoms. The number of nitrogens with zero attached hydrogens (tertiary/aromatic N) is 2. The van der Waals surface area contributed by atoms with Crippen molar-refractivity contribution in [3.63, 3.8) is 0 Å². The number of nitrogens with one attached hydrogen (secondary N) is 5. The van der Waals surface area contributed by atoms with Crippen molar-refractivity contribution in [2.75, 3.05) is 7.05 Å². The number of hydrogen-bond acceptors (Lipinski definition) is 12. The van der Waals surface area contributed by atoms with Gasteiger partial charge in [0.1, 0.15) is 60.4 Å². The molecule has 3 aliphatic rings. The number of amides is 8. The van der Waals surface area contributed by atoms with Crippen LogP contribution in [-0.2, 0) is 59.0 Å². The van der Waals surface area contributed by atoms with Crippen LogP contribution in [0.3, 0.4) is 0 Å². The summed E-state index contributed by atoms with van der Waals surface area (Å²) in [5.74, 6) is -8.19. The van der Waals surface area contributed by atoms with Gasteiger partial charge in [-0.2, -0.15) is 0 Å². The molecule has 0 spiro atoms. The maximum atomic E-state index is 14.8. The SMILES string of the molecule is CCC(C)C1NC(=O)C(Cc2ccc(O)cc2)N(C)C(=O)C2C(CC)OC3CCC(NC(=O)C(CC(C)C)NC(=O)C(NC(=O)C(CCC(N)=O)NC(=O)C(C)C)C(C)OC1=O)C(=O)N32. The van der Waals surface area contributed by atoms with Gasteiger partial charge >= 0.3 is 5.97 Å². The predicted octanol–water partition coefficient (Wildman–Crippen LogP) is 0.271. The first kappa shape index (κ1) is 51.8. The van der Waals surface area contributed by atoms with Crippen molar-refractivity contribution in [3.8, 4) is 5.75 Å². The zero-order valence-corrected chi connectivity index (χ0v) is 38.9. The number of rotatable bonds is 14. The van der Waals surface area contributed by atoms with E-state index in [1.807, 2.05) is 13.8 Å². The largest absolute Gasteiger partial charge is 0.508 e. The number of aromatic hydroxyl groups is 1. The molecule has 11 unspecified atom stereocenters. The van der Waals surface area contributed by atoms with Gasteiger partial charge in [0.25, 0.3) is 0 Å². The van der Waals surface area contributed by atoms with Crippen LogP contribution in [-0.4, -0.2) is 136 Å². The van der Waals surface area contributed by atoms with Crippen molar-refractivity contribution < 1.29 is 57.7 Å². The second kappa shape index (κ2) is 22.9. The number of fused-ring (bicyclic) bond motifs is 1. The van der Waals surface area contributed by atoms with Crippen molar-refractivity contribution in [2.45, 2.75) is 167 Å². The Morgan fingerprint density at radius 1 is 0.892 bits per heavy atom. The van der Waals surface area contributed by atoms with Gasteiger partial charge in [0.2, 0.25) is 47.3 Å². The number of esters is 1. The summed E-state index contributed by atoms with van der Waals surface area (Å²) in [5.41, 5.74) is 5.93. The highest BCUT2D eigenvalue weighted by Crippen LogP contribution is 2.34. The first-order chi connectivity index (χ1) is 30.6. The van der Waals surface area contributed by atoms with Gasteiger partial charge < -0.3 is 56.7 Å². The maximum Gasteiger partial charge on any atom is 0.329 e. The number of carbonyl (C=O) groups excluding carboxylic acids is 9. The number of likely N-dealkylation sites (N-methyl/N-ethyl adjacent to an activating group) is 1. The van der Waals surface area contributed by atoms with Crippen molar-refractivity contribution in [3.05, 3.63) is 29.8 Å². The zero-order chi connectivity index (χ0) is 48.4. The van der Waals surface area contributed by atoms with Crippen LogP contribution >= 0.6 is 0 Å². The number of phenols is 1. The fourth-order valence-electron chi connectivity index (χ4n) is 8.18. The molecule has 0 saturated carbocycles. The molecule has 11 atom stereocenters. The Kier molecular flexibility index (Phi) is 18.3. The Bertz CT molecular complexity index is 1930. The lowest BCUT2D eigenvalue weighted by atomic mass is 9.96. The van der Waals surface area contributed by atoms with E-state index in [2.05, 4.69) is 26.6 Å². The molecule has 1 aromatic carbocycles. The van der Waals surface area contributed by atoms with Crippen molar-refractivity contribution in [1.29, 1.82) is 0 Å². The summed E-state index contributed by atoms with van der Waals surface area (Å²) >= 11 is 0. The van der Waals surface area contributed by atoms with Crippen LogP contribution in [0.4, 0.5) is 0 Å². The van der Waals surface area contributed by atoms with Crippen LogP contribution < -0.4 is 32.3 Å². The Morgan fingerprint density at radius 3 is 2.14 bits per heavy atom. The minimum absolute atomic E-state index is 0.0257. The average molecular weight is 913 g/mol. The van der Waals surface area contributed by atoms with Gasteiger partial charge in [0.05, 0.1) is 6.10 Å². The topological polar surface area (TPSA) is 285 Å². The number of hydrogen-bond donors (Lipinski definition) is 7. The summed E-state index contributed by atoms with van der Waals surface area (Å²) in [6.45, 7) is 13.4. The number of piperidine rings is 1. The number of ether oxygens (including phenoxy) is 2. The van der Waals surface area contributed by atoms with Gasteiger partial charge in [-0.1, -0.05) is 67.0 Å². The summed E-state index contributed by atoms with van der Waals surface area (Å²) < 4.78 is 12.2. The number of benzene rings is 1. The molecule has 4 rings (SSSR count). The van der Waals surface area contributed by atoms with Crippen LogP contribution in [0.25, 0.3) is 0 Å². The van der Waals surface area contributed by atoms with Gasteiger partial charge in [-0.3, -0.25) is 38.4 Å². The molecule has 0 radical (unpaired) electrons. The first-order valence-electron chi connectivity index (χ1n) is 22.6. The van der Waals surface area contributed by atoms with Crippen LogP contribution in [0, 0.1) is 17.8 Å². The lowest BCUT2D eigenvalue weighted by Gasteiger charge is -2.39. The molecule has 20 heteroatoms. The molecule has 3 aliphatic heterocycles. The molecule has 3 fully saturated rings. The number of cyclic esters (lactones) is 1. The molecule has 8 amide bonds. The molecule has 8 N–H and O–H groups in total. The summed E-state index contributed by atoms with van der Waals surface area (Å²) in [4.78, 5) is 128. The number of nitrogens with two attached hydrogens (primary N) is 1. The van der Waals surface area contributed by atoms with Crippen LogP contribution in [0.5, 0.6) is 5.75 Å². The van der Waals surface area contributed by atoms with Gasteiger partial charge in [0.15, 0.2) is 0 Å². The molecule has 1 aromatic rings. The summed E-state index contributed by atoms with van der Waals surface area (Å²) in [6.07, 6.45) is -2.52. The van der Waals surface area contributed by atoms with Crippen LogP contribution in [0.1, 0.15) is 106 Å². The fraction of sp³-hybridized carbons (Fsp3) is 0.667. The van der Waals surface area contributed by atoms with E-state index in [0.29, 0.717) is 18.4 Å². The minimum atomic E-state index is -1.71. The molecule has 360 valence electrons. The Hall–Kier alpha value is -5.79. The van der Waals surface area contributed by atoms with Gasteiger partial charge in [-0.15, -0.1) is 0 Å². The maximum absolute atomic E-state index is 14.8. The van der Waals surface area contributed by atoms with Crippen molar-refractivity contribution >= 4 is 53.2 Å². The summed E-state index contributed by atoms with van der Waals surface area (Å²) in [5, 5.41) is 23.4. The van der Waals surface area contributed by atoms with E-state index in [4.69, 9.17) is 15.2 Å². The van der Waals surface area contributed by atoms with E-state index >= 15 is 0 Å². The number of phenolic OH excluding ortho intramolecular Hbond substituents is 1. The second-order valence-corrected chi connectivity index (χ2v) is 18.1. The third-order valence-electron chi connectivity index (χ3n) is 12.3. The van der Waals surface area contributed by atoms with E-state index in [0.717, 1.165) is 0 Å². The van der Waals surface area contributed by atoms with Crippen molar-refractivity contribution in [1.82, 2.24) is 36.4 Å². The number of carbonyl (C=O) groups is 9. The first-order valence-corrected chi connectivity index (χ1v) is 22.6. The zero-order valence-electron chi connectivity index (χ0n) is 38.9. The highest BCUT2D eigenvalue weighted by atomic mass is 16.5. The molecule has 65 heavy (non-hydrogen) atoms. The molecule has 0 aliphatic carbocycles. The standard InChI is InChI=1S/C45H68N8O12/c1-10-24(7)35-45(63)64-25(8)36(51-39(57)28(16-18-33(46)55)47-38(56)23(5)6)42(60)49-30(20-22(3)4)40(58)48-29-17-19-34-53(43(29)61)37(32(11-2)65-34)44(62)52(9)31(41(59)50-35)21-26-12-14-27(54)15-13-26/h12-15,22-25,28-32,34-37,54H,10-11,16-21H2,1-9H3,(H2,46,55)(H,47,56)(H,48,58)(H,49,60)(H,50,59)(H,51,57). The third kappa shape index (κ3) is 13.2. The molecule has 3 saturated heterocycles. The smallest absolute Gasteiger partial charge is 0.329 e. The molecular weight excluding hydrogens is 845 g/mol. The third-order valence-corrected chi connectivity index (χ3v) is 12.3. The normalized spacial score (nSPS) is 28.0. The van der Waals surface area contributed by atoms with E-state index in [1.165, 1.54) is 35.9 Å². The molecular formula is C45H68N8O12. The van der Waals surface area contributed by atoms with E-state index < -0.39 is 126 Å². The lowest BCUT2D eigenvalue weighted by Crippen LogP contribution is -2.63. The predicted molar refractivity (Wildman–Crippen MR) is 235 cm³/mol. The Labute approximate surface area is 380 Å².